The van der Waals surface area contributed by atoms with Crippen molar-refractivity contribution in [2.45, 2.75) is 33.7 Å². The summed E-state index contributed by atoms with van der Waals surface area (Å²) in [5.74, 6) is -0.802. The number of nitrogens with zero attached hydrogens (tertiary/aromatic N) is 4. The zero-order chi connectivity index (χ0) is 30.0. The number of hydrogen-bond donors (Lipinski definition) is 2. The average Bonchev–Trinajstić information content (AvgIpc) is 3.33. The molecule has 2 amide bonds. The van der Waals surface area contributed by atoms with Gasteiger partial charge in [0.15, 0.2) is 0 Å². The fourth-order valence-electron chi connectivity index (χ4n) is 4.80. The molecule has 10 heteroatoms. The van der Waals surface area contributed by atoms with Gasteiger partial charge in [-0.2, -0.15) is 0 Å². The first-order chi connectivity index (χ1) is 20.2. The molecule has 0 spiro atoms. The molecule has 3 aromatic heterocycles. The number of aromatic nitrogens is 4. The highest BCUT2D eigenvalue weighted by Gasteiger charge is 2.18. The van der Waals surface area contributed by atoms with E-state index in [-0.39, 0.29) is 35.8 Å². The molecule has 0 saturated heterocycles. The molecule has 0 unspecified atom stereocenters. The van der Waals surface area contributed by atoms with Gasteiger partial charge in [0.05, 0.1) is 30.1 Å². The molecular formula is C32H31FN6O3. The lowest BCUT2D eigenvalue weighted by Crippen LogP contribution is -2.30. The minimum absolute atomic E-state index is 0.0599. The van der Waals surface area contributed by atoms with Crippen LogP contribution in [-0.2, 0) is 11.3 Å². The van der Waals surface area contributed by atoms with E-state index >= 15 is 0 Å². The summed E-state index contributed by atoms with van der Waals surface area (Å²) in [7, 11) is 1.55. The molecule has 2 aromatic carbocycles. The predicted molar refractivity (Wildman–Crippen MR) is 160 cm³/mol. The Morgan fingerprint density at radius 3 is 2.64 bits per heavy atom. The second kappa shape index (κ2) is 11.8. The van der Waals surface area contributed by atoms with Crippen molar-refractivity contribution in [2.75, 3.05) is 12.4 Å². The molecular weight excluding hydrogens is 535 g/mol. The maximum atomic E-state index is 13.9. The zero-order valence-corrected chi connectivity index (χ0v) is 23.8. The van der Waals surface area contributed by atoms with E-state index in [0.717, 1.165) is 22.2 Å². The van der Waals surface area contributed by atoms with Gasteiger partial charge in [0.2, 0.25) is 5.91 Å². The molecule has 9 nitrogen and oxygen atoms in total. The predicted octanol–water partition coefficient (Wildman–Crippen LogP) is 5.09. The number of carbonyl (C=O) groups excluding carboxylic acids is 2. The Labute approximate surface area is 242 Å². The molecule has 5 rings (SSSR count). The quantitative estimate of drug-likeness (QED) is 0.272. The number of amides is 2. The Kier molecular flexibility index (Phi) is 7.97. The van der Waals surface area contributed by atoms with Gasteiger partial charge in [-0.3, -0.25) is 23.9 Å². The van der Waals surface area contributed by atoms with Crippen molar-refractivity contribution < 1.29 is 14.0 Å². The van der Waals surface area contributed by atoms with Crippen LogP contribution in [0.1, 0.15) is 41.8 Å². The molecule has 5 aromatic rings. The molecule has 0 bridgehead atoms. The van der Waals surface area contributed by atoms with Crippen LogP contribution in [0.5, 0.6) is 0 Å². The van der Waals surface area contributed by atoms with Crippen LogP contribution in [0.25, 0.3) is 28.0 Å². The van der Waals surface area contributed by atoms with Gasteiger partial charge in [-0.15, -0.1) is 0 Å². The second-order valence-corrected chi connectivity index (χ2v) is 10.2. The average molecular weight is 567 g/mol. The van der Waals surface area contributed by atoms with E-state index < -0.39 is 5.56 Å². The van der Waals surface area contributed by atoms with E-state index in [1.165, 1.54) is 22.9 Å². The van der Waals surface area contributed by atoms with Gasteiger partial charge >= 0.3 is 0 Å². The zero-order valence-electron chi connectivity index (χ0n) is 23.8. The third kappa shape index (κ3) is 5.56. The molecule has 1 atom stereocenters. The van der Waals surface area contributed by atoms with Gasteiger partial charge in [0.1, 0.15) is 17.3 Å². The second-order valence-electron chi connectivity index (χ2n) is 10.2. The van der Waals surface area contributed by atoms with Gasteiger partial charge in [0, 0.05) is 41.9 Å². The number of halogens is 1. The third-order valence-corrected chi connectivity index (χ3v) is 7.34. The van der Waals surface area contributed by atoms with E-state index in [1.807, 2.05) is 30.7 Å². The van der Waals surface area contributed by atoms with E-state index in [0.29, 0.717) is 28.9 Å². The Bertz CT molecular complexity index is 1880. The smallest absolute Gasteiger partial charge is 0.277 e. The van der Waals surface area contributed by atoms with Crippen LogP contribution in [0.2, 0.25) is 0 Å². The monoisotopic (exact) mass is 566 g/mol. The molecule has 0 fully saturated rings. The number of aryl methyl sites for hydroxylation is 1. The highest BCUT2D eigenvalue weighted by Crippen LogP contribution is 2.26. The van der Waals surface area contributed by atoms with Crippen molar-refractivity contribution in [1.29, 1.82) is 0 Å². The summed E-state index contributed by atoms with van der Waals surface area (Å²) >= 11 is 0. The number of rotatable bonds is 8. The fraction of sp³-hybridized carbons (Fsp3) is 0.219. The van der Waals surface area contributed by atoms with Crippen LogP contribution in [0.15, 0.2) is 78.1 Å². The Hall–Kier alpha value is -5.12. The maximum absolute atomic E-state index is 13.9. The summed E-state index contributed by atoms with van der Waals surface area (Å²) in [6.45, 7) is 5.69. The number of hydrogen-bond acceptors (Lipinski definition) is 5. The van der Waals surface area contributed by atoms with Crippen LogP contribution in [0.4, 0.5) is 10.1 Å². The van der Waals surface area contributed by atoms with Crippen molar-refractivity contribution in [3.05, 3.63) is 106 Å². The summed E-state index contributed by atoms with van der Waals surface area (Å²) in [6, 6.07) is 13.4. The maximum Gasteiger partial charge on any atom is 0.277 e. The molecule has 0 saturated carbocycles. The van der Waals surface area contributed by atoms with Crippen LogP contribution < -0.4 is 16.2 Å². The number of carbonyl (C=O) groups is 2. The molecule has 0 aliphatic heterocycles. The fourth-order valence-corrected chi connectivity index (χ4v) is 4.80. The van der Waals surface area contributed by atoms with Gasteiger partial charge in [-0.25, -0.2) is 9.37 Å². The molecule has 0 radical (unpaired) electrons. The van der Waals surface area contributed by atoms with Gasteiger partial charge in [-0.1, -0.05) is 26.0 Å². The first kappa shape index (κ1) is 28.4. The van der Waals surface area contributed by atoms with E-state index in [4.69, 9.17) is 0 Å². The first-order valence-corrected chi connectivity index (χ1v) is 13.6. The van der Waals surface area contributed by atoms with Gasteiger partial charge in [-0.05, 0) is 60.9 Å². The number of pyridine rings is 1. The summed E-state index contributed by atoms with van der Waals surface area (Å²) in [5.41, 5.74) is 3.78. The van der Waals surface area contributed by atoms with Crippen molar-refractivity contribution >= 4 is 28.4 Å². The Morgan fingerprint density at radius 2 is 1.88 bits per heavy atom. The normalized spacial score (nSPS) is 11.8. The van der Waals surface area contributed by atoms with Crippen molar-refractivity contribution in [1.82, 2.24) is 24.4 Å². The number of benzene rings is 2. The van der Waals surface area contributed by atoms with E-state index in [9.17, 15) is 18.8 Å². The lowest BCUT2D eigenvalue weighted by atomic mass is 10.1. The summed E-state index contributed by atoms with van der Waals surface area (Å²) < 4.78 is 17.3. The SMILES string of the molecule is CC[C@@H](C)C(=O)Nc1cnc(-c2cccc(C(=O)NC)c2)n(Cc2cncc(-n3cc(C)c4cc(F)ccc43)c2)c1=O. The van der Waals surface area contributed by atoms with Crippen LogP contribution in [0, 0.1) is 18.7 Å². The van der Waals surface area contributed by atoms with Crippen molar-refractivity contribution in [3.63, 3.8) is 0 Å². The first-order valence-electron chi connectivity index (χ1n) is 13.6. The Morgan fingerprint density at radius 1 is 1.07 bits per heavy atom. The highest BCUT2D eigenvalue weighted by molar-refractivity contribution is 5.95. The lowest BCUT2D eigenvalue weighted by Gasteiger charge is -2.16. The molecule has 2 N–H and O–H groups in total. The summed E-state index contributed by atoms with van der Waals surface area (Å²) in [5, 5.41) is 6.12. The van der Waals surface area contributed by atoms with Crippen LogP contribution in [0.3, 0.4) is 0 Å². The minimum Gasteiger partial charge on any atom is -0.355 e. The number of anilines is 1. The molecule has 0 aliphatic rings. The molecule has 214 valence electrons. The van der Waals surface area contributed by atoms with Crippen LogP contribution in [-0.4, -0.2) is 38.0 Å². The van der Waals surface area contributed by atoms with E-state index in [1.54, 1.807) is 56.7 Å². The minimum atomic E-state index is -0.440. The molecule has 3 heterocycles. The lowest BCUT2D eigenvalue weighted by molar-refractivity contribution is -0.119. The van der Waals surface area contributed by atoms with Gasteiger partial charge in [0.25, 0.3) is 11.5 Å². The standard InChI is InChI=1S/C32H31FN6O3/c1-5-19(2)30(40)37-27-16-36-29(22-7-6-8-23(12-22)31(41)34-4)39(32(27)42)18-21-11-25(15-35-14-21)38-17-20(3)26-13-24(33)9-10-28(26)38/h6-17,19H,5,18H2,1-4H3,(H,34,41)(H,37,40)/t19-/m1/s1. The summed E-state index contributed by atoms with van der Waals surface area (Å²) in [6.07, 6.45) is 7.24. The molecule has 42 heavy (non-hydrogen) atoms. The Balaban J connectivity index is 1.60. The van der Waals surface area contributed by atoms with Crippen molar-refractivity contribution in [3.8, 4) is 17.1 Å². The van der Waals surface area contributed by atoms with Crippen LogP contribution >= 0.6 is 0 Å². The third-order valence-electron chi connectivity index (χ3n) is 7.34. The van der Waals surface area contributed by atoms with Crippen molar-refractivity contribution in [2.24, 2.45) is 5.92 Å². The highest BCUT2D eigenvalue weighted by atomic mass is 19.1. The molecule has 0 aliphatic carbocycles. The number of fused-ring (bicyclic) bond motifs is 1. The van der Waals surface area contributed by atoms with E-state index in [2.05, 4.69) is 20.6 Å². The largest absolute Gasteiger partial charge is 0.355 e. The van der Waals surface area contributed by atoms with Gasteiger partial charge < -0.3 is 15.2 Å². The summed E-state index contributed by atoms with van der Waals surface area (Å²) in [4.78, 5) is 47.8. The topological polar surface area (TPSA) is 111 Å². The number of nitrogens with one attached hydrogen (secondary N) is 2.